The number of likely N-dealkylation sites (N-methyl/N-ethyl adjacent to an activating group) is 1. The Kier molecular flexibility index (Phi) is 8.48. The fourth-order valence-corrected chi connectivity index (χ4v) is 1.58. The smallest absolute Gasteiger partial charge is 0.0431 e. The van der Waals surface area contributed by atoms with E-state index in [0.29, 0.717) is 6.61 Å². The van der Waals surface area contributed by atoms with E-state index in [1.807, 2.05) is 0 Å². The highest BCUT2D eigenvalue weighted by atomic mass is 16.2. The molecule has 102 valence electrons. The molecule has 0 amide bonds. The Morgan fingerprint density at radius 1 is 1.24 bits per heavy atom. The lowest BCUT2D eigenvalue weighted by Gasteiger charge is -2.23. The van der Waals surface area contributed by atoms with Crippen molar-refractivity contribution in [1.29, 1.82) is 0 Å². The molecule has 0 aromatic carbocycles. The second-order valence-electron chi connectivity index (χ2n) is 5.88. The largest absolute Gasteiger partial charge is 0.396 e. The van der Waals surface area contributed by atoms with Gasteiger partial charge in [-0.15, -0.1) is 0 Å². The summed E-state index contributed by atoms with van der Waals surface area (Å²) in [4.78, 5) is 2.30. The Labute approximate surface area is 107 Å². The molecule has 3 nitrogen and oxygen atoms in total. The number of hydrogen-bond donors (Lipinski definition) is 2. The first kappa shape index (κ1) is 16.6. The Morgan fingerprint density at radius 2 is 1.88 bits per heavy atom. The molecule has 0 bridgehead atoms. The molecular formula is C14H30N2O. The van der Waals surface area contributed by atoms with Gasteiger partial charge in [-0.2, -0.15) is 0 Å². The van der Waals surface area contributed by atoms with Gasteiger partial charge < -0.3 is 15.3 Å². The standard InChI is InChI=1S/C14H30N2O/c1-13(11-15-14(2,3)4)12-16(5)9-7-6-8-10-17/h15,17H,1,6-12H2,2-5H3. The van der Waals surface area contributed by atoms with Crippen LogP contribution in [0.15, 0.2) is 12.2 Å². The average molecular weight is 242 g/mol. The van der Waals surface area contributed by atoms with Crippen molar-refractivity contribution in [3.63, 3.8) is 0 Å². The lowest BCUT2D eigenvalue weighted by molar-refractivity contribution is 0.275. The Bertz CT molecular complexity index is 209. The van der Waals surface area contributed by atoms with Crippen molar-refractivity contribution < 1.29 is 5.11 Å². The van der Waals surface area contributed by atoms with Crippen LogP contribution >= 0.6 is 0 Å². The number of nitrogens with zero attached hydrogens (tertiary/aromatic N) is 1. The Morgan fingerprint density at radius 3 is 2.41 bits per heavy atom. The molecule has 0 saturated carbocycles. The van der Waals surface area contributed by atoms with Crippen LogP contribution in [-0.4, -0.2) is 48.8 Å². The van der Waals surface area contributed by atoms with Crippen molar-refractivity contribution in [1.82, 2.24) is 10.2 Å². The Balaban J connectivity index is 3.59. The molecule has 0 unspecified atom stereocenters. The second kappa shape index (κ2) is 8.67. The van der Waals surface area contributed by atoms with Gasteiger partial charge in [-0.1, -0.05) is 6.58 Å². The summed E-state index contributed by atoms with van der Waals surface area (Å²) in [6, 6.07) is 0. The van der Waals surface area contributed by atoms with Gasteiger partial charge >= 0.3 is 0 Å². The maximum atomic E-state index is 8.69. The number of nitrogens with one attached hydrogen (secondary N) is 1. The highest BCUT2D eigenvalue weighted by molar-refractivity contribution is 5.00. The molecule has 0 fully saturated rings. The summed E-state index contributed by atoms with van der Waals surface area (Å²) in [6.07, 6.45) is 3.17. The minimum Gasteiger partial charge on any atom is -0.396 e. The molecule has 17 heavy (non-hydrogen) atoms. The summed E-state index contributed by atoms with van der Waals surface area (Å²) in [5.41, 5.74) is 1.38. The predicted octanol–water partition coefficient (Wildman–Crippen LogP) is 2.03. The number of aliphatic hydroxyl groups excluding tert-OH is 1. The summed E-state index contributed by atoms with van der Waals surface area (Å²) in [5.74, 6) is 0. The van der Waals surface area contributed by atoms with Crippen LogP contribution in [0.2, 0.25) is 0 Å². The van der Waals surface area contributed by atoms with E-state index in [2.05, 4.69) is 44.6 Å². The predicted molar refractivity (Wildman–Crippen MR) is 75.3 cm³/mol. The molecule has 0 radical (unpaired) electrons. The van der Waals surface area contributed by atoms with Gasteiger partial charge in [0.25, 0.3) is 0 Å². The molecular weight excluding hydrogens is 212 g/mol. The quantitative estimate of drug-likeness (QED) is 0.480. The summed E-state index contributed by atoms with van der Waals surface area (Å²) in [6.45, 7) is 13.8. The van der Waals surface area contributed by atoms with Gasteiger partial charge in [0.1, 0.15) is 0 Å². The first-order chi connectivity index (χ1) is 7.85. The monoisotopic (exact) mass is 242 g/mol. The van der Waals surface area contributed by atoms with Crippen LogP contribution < -0.4 is 5.32 Å². The third-order valence-electron chi connectivity index (χ3n) is 2.56. The number of hydrogen-bond acceptors (Lipinski definition) is 3. The van der Waals surface area contributed by atoms with Crippen LogP contribution in [-0.2, 0) is 0 Å². The molecule has 0 aliphatic rings. The van der Waals surface area contributed by atoms with E-state index in [4.69, 9.17) is 5.11 Å². The molecule has 0 heterocycles. The van der Waals surface area contributed by atoms with Gasteiger partial charge in [0.15, 0.2) is 0 Å². The summed E-state index contributed by atoms with van der Waals surface area (Å²) >= 11 is 0. The molecule has 0 aromatic heterocycles. The van der Waals surface area contributed by atoms with Crippen LogP contribution in [0.5, 0.6) is 0 Å². The van der Waals surface area contributed by atoms with Crippen molar-refractivity contribution in [2.45, 2.75) is 45.6 Å². The molecule has 2 N–H and O–H groups in total. The third kappa shape index (κ3) is 11.9. The summed E-state index contributed by atoms with van der Waals surface area (Å²) in [7, 11) is 2.13. The van der Waals surface area contributed by atoms with Gasteiger partial charge in [-0.25, -0.2) is 0 Å². The summed E-state index contributed by atoms with van der Waals surface area (Å²) < 4.78 is 0. The van der Waals surface area contributed by atoms with E-state index >= 15 is 0 Å². The van der Waals surface area contributed by atoms with Gasteiger partial charge in [-0.3, -0.25) is 0 Å². The van der Waals surface area contributed by atoms with Gasteiger partial charge in [-0.05, 0) is 59.2 Å². The van der Waals surface area contributed by atoms with Gasteiger partial charge in [0, 0.05) is 25.2 Å². The topological polar surface area (TPSA) is 35.5 Å². The molecule has 0 aromatic rings. The molecule has 3 heteroatoms. The zero-order valence-electron chi connectivity index (χ0n) is 12.1. The zero-order valence-corrected chi connectivity index (χ0v) is 12.1. The van der Waals surface area contributed by atoms with Crippen molar-refractivity contribution in [3.05, 3.63) is 12.2 Å². The third-order valence-corrected chi connectivity index (χ3v) is 2.56. The SMILES string of the molecule is C=C(CNC(C)(C)C)CN(C)CCCCCO. The van der Waals surface area contributed by atoms with E-state index in [0.717, 1.165) is 38.9 Å². The second-order valence-corrected chi connectivity index (χ2v) is 5.88. The van der Waals surface area contributed by atoms with Crippen molar-refractivity contribution >= 4 is 0 Å². The molecule has 0 aliphatic heterocycles. The maximum absolute atomic E-state index is 8.69. The minimum absolute atomic E-state index is 0.155. The minimum atomic E-state index is 0.155. The van der Waals surface area contributed by atoms with Gasteiger partial charge in [0.2, 0.25) is 0 Å². The Hall–Kier alpha value is -0.380. The average Bonchev–Trinajstić information content (AvgIpc) is 2.21. The lowest BCUT2D eigenvalue weighted by Crippen LogP contribution is -2.38. The van der Waals surface area contributed by atoms with E-state index < -0.39 is 0 Å². The van der Waals surface area contributed by atoms with Crippen LogP contribution in [0.3, 0.4) is 0 Å². The number of aliphatic hydroxyl groups is 1. The normalized spacial score (nSPS) is 12.1. The summed E-state index contributed by atoms with van der Waals surface area (Å²) in [5, 5.41) is 12.1. The van der Waals surface area contributed by atoms with E-state index in [9.17, 15) is 0 Å². The molecule has 0 spiro atoms. The lowest BCUT2D eigenvalue weighted by atomic mass is 10.1. The fraction of sp³-hybridized carbons (Fsp3) is 0.857. The van der Waals surface area contributed by atoms with E-state index in [1.54, 1.807) is 0 Å². The number of rotatable bonds is 9. The van der Waals surface area contributed by atoms with Gasteiger partial charge in [0.05, 0.1) is 0 Å². The molecule has 0 rings (SSSR count). The van der Waals surface area contributed by atoms with Crippen LogP contribution in [0.25, 0.3) is 0 Å². The molecule has 0 atom stereocenters. The first-order valence-corrected chi connectivity index (χ1v) is 6.56. The fourth-order valence-electron chi connectivity index (χ4n) is 1.58. The zero-order chi connectivity index (χ0) is 13.3. The van der Waals surface area contributed by atoms with Crippen molar-refractivity contribution in [3.8, 4) is 0 Å². The number of unbranched alkanes of at least 4 members (excludes halogenated alkanes) is 2. The molecule has 0 aliphatic carbocycles. The van der Waals surface area contributed by atoms with Crippen LogP contribution in [0, 0.1) is 0 Å². The van der Waals surface area contributed by atoms with Crippen molar-refractivity contribution in [2.24, 2.45) is 0 Å². The van der Waals surface area contributed by atoms with Crippen molar-refractivity contribution in [2.75, 3.05) is 33.3 Å². The first-order valence-electron chi connectivity index (χ1n) is 6.56. The van der Waals surface area contributed by atoms with Crippen LogP contribution in [0.4, 0.5) is 0 Å². The maximum Gasteiger partial charge on any atom is 0.0431 e. The highest BCUT2D eigenvalue weighted by Crippen LogP contribution is 2.02. The van der Waals surface area contributed by atoms with Crippen LogP contribution in [0.1, 0.15) is 40.0 Å². The molecule has 0 saturated heterocycles. The van der Waals surface area contributed by atoms with E-state index in [1.165, 1.54) is 5.57 Å². The van der Waals surface area contributed by atoms with E-state index in [-0.39, 0.29) is 5.54 Å². The highest BCUT2D eigenvalue weighted by Gasteiger charge is 2.09.